The molecule has 0 aliphatic rings. The van der Waals surface area contributed by atoms with Crippen LogP contribution in [0.25, 0.3) is 0 Å². The number of benzene rings is 2. The fourth-order valence-corrected chi connectivity index (χ4v) is 2.46. The van der Waals surface area contributed by atoms with Gasteiger partial charge in [-0.25, -0.2) is 9.97 Å². The van der Waals surface area contributed by atoms with Gasteiger partial charge in [0.2, 0.25) is 11.6 Å². The van der Waals surface area contributed by atoms with Crippen LogP contribution in [-0.4, -0.2) is 26.6 Å². The number of carbonyl (C=O) groups is 2. The highest BCUT2D eigenvalue weighted by atomic mass is 16.6. The number of rotatable bonds is 7. The number of nitrogens with zero attached hydrogens (tertiary/aromatic N) is 3. The van der Waals surface area contributed by atoms with Crippen molar-refractivity contribution in [3.05, 3.63) is 82.2 Å². The summed E-state index contributed by atoms with van der Waals surface area (Å²) in [7, 11) is 0. The molecule has 3 rings (SSSR count). The third kappa shape index (κ3) is 4.69. The predicted molar refractivity (Wildman–Crippen MR) is 106 cm³/mol. The smallest absolute Gasteiger partial charge is 0.334 e. The van der Waals surface area contributed by atoms with Crippen molar-refractivity contribution in [3.8, 4) is 0 Å². The van der Waals surface area contributed by atoms with E-state index in [0.29, 0.717) is 16.8 Å². The van der Waals surface area contributed by atoms with Crippen LogP contribution in [0.5, 0.6) is 0 Å². The maximum Gasteiger partial charge on any atom is 0.355 e. The second kappa shape index (κ2) is 8.57. The van der Waals surface area contributed by atoms with E-state index < -0.39 is 16.5 Å². The average molecular weight is 392 g/mol. The van der Waals surface area contributed by atoms with Gasteiger partial charge in [-0.15, -0.1) is 0 Å². The monoisotopic (exact) mass is 392 g/mol. The summed E-state index contributed by atoms with van der Waals surface area (Å²) in [6.45, 7) is 1.42. The van der Waals surface area contributed by atoms with Crippen molar-refractivity contribution in [1.82, 2.24) is 15.4 Å². The van der Waals surface area contributed by atoms with E-state index in [4.69, 9.17) is 0 Å². The number of anilines is 3. The van der Waals surface area contributed by atoms with Crippen LogP contribution in [0.4, 0.5) is 23.0 Å². The Hall–Kier alpha value is -4.34. The zero-order valence-electron chi connectivity index (χ0n) is 15.2. The number of nitro groups is 1. The minimum atomic E-state index is -0.672. The molecule has 2 aromatic carbocycles. The molecule has 0 bridgehead atoms. The Balaban J connectivity index is 1.84. The fraction of sp³-hybridized carbons (Fsp3) is 0.0526. The molecule has 0 aliphatic carbocycles. The Morgan fingerprint density at radius 2 is 1.66 bits per heavy atom. The van der Waals surface area contributed by atoms with Gasteiger partial charge in [-0.2, -0.15) is 0 Å². The Kier molecular flexibility index (Phi) is 5.74. The van der Waals surface area contributed by atoms with Gasteiger partial charge < -0.3 is 5.32 Å². The van der Waals surface area contributed by atoms with Crippen molar-refractivity contribution in [2.45, 2.75) is 6.92 Å². The minimum Gasteiger partial charge on any atom is -0.334 e. The lowest BCUT2D eigenvalue weighted by atomic mass is 10.1. The molecule has 1 amide bonds. The Labute approximate surface area is 165 Å². The standard InChI is InChI=1S/C19H16N6O4/c1-12(26)14-8-5-9-15(10-14)22-17-16(25(28)29)18(21-11-20-17)23-24-19(27)13-6-3-2-4-7-13/h2-11H,1H3,(H,24,27)(H2,20,21,22,23). The van der Waals surface area contributed by atoms with E-state index in [0.717, 1.165) is 6.33 Å². The van der Waals surface area contributed by atoms with Crippen LogP contribution in [0.15, 0.2) is 60.9 Å². The van der Waals surface area contributed by atoms with Gasteiger partial charge in [-0.05, 0) is 31.2 Å². The summed E-state index contributed by atoms with van der Waals surface area (Å²) in [5.41, 5.74) is 5.63. The summed E-state index contributed by atoms with van der Waals surface area (Å²) in [6.07, 6.45) is 1.11. The topological polar surface area (TPSA) is 139 Å². The second-order valence-electron chi connectivity index (χ2n) is 5.88. The maximum atomic E-state index is 12.1. The number of hydrazine groups is 1. The number of hydrogen-bond donors (Lipinski definition) is 3. The number of amides is 1. The molecule has 0 radical (unpaired) electrons. The highest BCUT2D eigenvalue weighted by Gasteiger charge is 2.24. The first-order valence-corrected chi connectivity index (χ1v) is 8.44. The quantitative estimate of drug-likeness (QED) is 0.317. The van der Waals surface area contributed by atoms with Crippen molar-refractivity contribution in [2.75, 3.05) is 10.7 Å². The van der Waals surface area contributed by atoms with Crippen molar-refractivity contribution < 1.29 is 14.5 Å². The molecule has 3 aromatic rings. The lowest BCUT2D eigenvalue weighted by Gasteiger charge is -2.11. The maximum absolute atomic E-state index is 12.1. The van der Waals surface area contributed by atoms with Crippen LogP contribution in [0.1, 0.15) is 27.6 Å². The van der Waals surface area contributed by atoms with Gasteiger partial charge >= 0.3 is 5.69 Å². The van der Waals surface area contributed by atoms with Crippen molar-refractivity contribution >= 4 is 34.7 Å². The molecule has 146 valence electrons. The molecule has 1 aromatic heterocycles. The Morgan fingerprint density at radius 3 is 2.34 bits per heavy atom. The van der Waals surface area contributed by atoms with Gasteiger partial charge in [-0.1, -0.05) is 30.3 Å². The summed E-state index contributed by atoms with van der Waals surface area (Å²) in [4.78, 5) is 42.4. The van der Waals surface area contributed by atoms with Crippen molar-refractivity contribution in [2.24, 2.45) is 0 Å². The predicted octanol–water partition coefficient (Wildman–Crippen LogP) is 3.09. The van der Waals surface area contributed by atoms with Crippen molar-refractivity contribution in [3.63, 3.8) is 0 Å². The molecule has 0 unspecified atom stereocenters. The molecular formula is C19H16N6O4. The van der Waals surface area contributed by atoms with E-state index >= 15 is 0 Å². The molecule has 1 heterocycles. The zero-order chi connectivity index (χ0) is 20.8. The molecule has 0 fully saturated rings. The Morgan fingerprint density at radius 1 is 0.966 bits per heavy atom. The van der Waals surface area contributed by atoms with Gasteiger partial charge in [0.25, 0.3) is 5.91 Å². The second-order valence-corrected chi connectivity index (χ2v) is 5.88. The zero-order valence-corrected chi connectivity index (χ0v) is 15.2. The van der Waals surface area contributed by atoms with E-state index in [2.05, 4.69) is 26.1 Å². The van der Waals surface area contributed by atoms with Gasteiger partial charge in [0.15, 0.2) is 5.78 Å². The van der Waals surface area contributed by atoms with Gasteiger partial charge in [0, 0.05) is 16.8 Å². The van der Waals surface area contributed by atoms with E-state index in [1.54, 1.807) is 54.6 Å². The molecule has 0 saturated heterocycles. The van der Waals surface area contributed by atoms with Crippen LogP contribution in [0, 0.1) is 10.1 Å². The summed E-state index contributed by atoms with van der Waals surface area (Å²) in [5, 5.41) is 14.4. The third-order valence-electron chi connectivity index (χ3n) is 3.87. The third-order valence-corrected chi connectivity index (χ3v) is 3.87. The van der Waals surface area contributed by atoms with E-state index in [9.17, 15) is 19.7 Å². The summed E-state index contributed by atoms with van der Waals surface area (Å²) in [6, 6.07) is 14.8. The number of aromatic nitrogens is 2. The molecule has 10 heteroatoms. The molecule has 0 atom stereocenters. The highest BCUT2D eigenvalue weighted by molar-refractivity contribution is 5.96. The molecule has 29 heavy (non-hydrogen) atoms. The summed E-state index contributed by atoms with van der Waals surface area (Å²) >= 11 is 0. The molecule has 10 nitrogen and oxygen atoms in total. The van der Waals surface area contributed by atoms with Crippen molar-refractivity contribution in [1.29, 1.82) is 0 Å². The fourth-order valence-electron chi connectivity index (χ4n) is 2.46. The van der Waals surface area contributed by atoms with Gasteiger partial charge in [0.1, 0.15) is 6.33 Å². The number of Topliss-reactive ketones (excluding diaryl/α,β-unsaturated/α-hetero) is 1. The normalized spacial score (nSPS) is 10.1. The lowest BCUT2D eigenvalue weighted by molar-refractivity contribution is -0.383. The van der Waals surface area contributed by atoms with Crippen LogP contribution < -0.4 is 16.2 Å². The average Bonchev–Trinajstić information content (AvgIpc) is 2.72. The largest absolute Gasteiger partial charge is 0.355 e. The summed E-state index contributed by atoms with van der Waals surface area (Å²) in [5.74, 6) is -0.916. The SMILES string of the molecule is CC(=O)c1cccc(Nc2ncnc(NNC(=O)c3ccccc3)c2[N+](=O)[O-])c1. The molecular weight excluding hydrogens is 376 g/mol. The Bertz CT molecular complexity index is 1070. The van der Waals surface area contributed by atoms with Crippen LogP contribution in [0.2, 0.25) is 0 Å². The molecule has 0 aliphatic heterocycles. The minimum absolute atomic E-state index is 0.0952. The van der Waals surface area contributed by atoms with Gasteiger partial charge in [-0.3, -0.25) is 30.6 Å². The lowest BCUT2D eigenvalue weighted by Crippen LogP contribution is -2.30. The number of hydrogen-bond acceptors (Lipinski definition) is 8. The molecule has 0 saturated carbocycles. The van der Waals surface area contributed by atoms with Gasteiger partial charge in [0.05, 0.1) is 4.92 Å². The molecule has 3 N–H and O–H groups in total. The van der Waals surface area contributed by atoms with Crippen LogP contribution in [0.3, 0.4) is 0 Å². The van der Waals surface area contributed by atoms with E-state index in [1.165, 1.54) is 6.92 Å². The van der Waals surface area contributed by atoms with E-state index in [1.807, 2.05) is 0 Å². The number of ketones is 1. The first kappa shape index (κ1) is 19.4. The summed E-state index contributed by atoms with van der Waals surface area (Å²) < 4.78 is 0. The number of carbonyl (C=O) groups excluding carboxylic acids is 2. The van der Waals surface area contributed by atoms with Crippen LogP contribution >= 0.6 is 0 Å². The molecule has 0 spiro atoms. The van der Waals surface area contributed by atoms with E-state index in [-0.39, 0.29) is 17.4 Å². The highest BCUT2D eigenvalue weighted by Crippen LogP contribution is 2.30. The first-order valence-electron chi connectivity index (χ1n) is 8.44. The van der Waals surface area contributed by atoms with Crippen LogP contribution in [-0.2, 0) is 0 Å². The number of nitrogens with one attached hydrogen (secondary N) is 3. The first-order chi connectivity index (χ1) is 14.0.